The average Bonchev–Trinajstić information content (AvgIpc) is 3.38. The molecule has 0 spiro atoms. The summed E-state index contributed by atoms with van der Waals surface area (Å²) < 4.78 is 27.1. The van der Waals surface area contributed by atoms with Crippen LogP contribution in [0.4, 0.5) is 4.39 Å². The maximum Gasteiger partial charge on any atom is 0.277 e. The van der Waals surface area contributed by atoms with Crippen LogP contribution in [-0.4, -0.2) is 32.7 Å². The summed E-state index contributed by atoms with van der Waals surface area (Å²) in [5.74, 6) is 0.290. The van der Waals surface area contributed by atoms with Crippen molar-refractivity contribution in [2.75, 3.05) is 13.2 Å². The minimum absolute atomic E-state index is 0.0293. The van der Waals surface area contributed by atoms with Crippen molar-refractivity contribution in [1.29, 1.82) is 0 Å². The van der Waals surface area contributed by atoms with Gasteiger partial charge in [0.15, 0.2) is 5.82 Å². The largest absolute Gasteiger partial charge is 0.618 e. The van der Waals surface area contributed by atoms with Crippen molar-refractivity contribution in [3.63, 3.8) is 0 Å². The molecule has 0 saturated carbocycles. The third-order valence-electron chi connectivity index (χ3n) is 4.78. The topological polar surface area (TPSA) is 92.4 Å². The van der Waals surface area contributed by atoms with Gasteiger partial charge in [0.2, 0.25) is 17.4 Å². The van der Waals surface area contributed by atoms with Gasteiger partial charge in [0.05, 0.1) is 12.5 Å². The van der Waals surface area contributed by atoms with E-state index in [9.17, 15) is 9.60 Å². The monoisotopic (exact) mass is 355 g/mol. The highest BCUT2D eigenvalue weighted by Crippen LogP contribution is 2.29. The summed E-state index contributed by atoms with van der Waals surface area (Å²) in [6.45, 7) is 2.84. The Morgan fingerprint density at radius 3 is 3.08 bits per heavy atom. The average molecular weight is 355 g/mol. The van der Waals surface area contributed by atoms with Crippen molar-refractivity contribution < 1.29 is 18.4 Å². The third-order valence-corrected chi connectivity index (χ3v) is 4.78. The summed E-state index contributed by atoms with van der Waals surface area (Å²) in [6.07, 6.45) is 2.36. The SMILES string of the molecule is Cc1c2c(-c3noc(C4CCOC4)n3)ncn2c2cccc(F)c2[n+]1[O-]. The van der Waals surface area contributed by atoms with Crippen LogP contribution >= 0.6 is 0 Å². The second-order valence-corrected chi connectivity index (χ2v) is 6.32. The Morgan fingerprint density at radius 2 is 2.27 bits per heavy atom. The molecule has 0 N–H and O–H groups in total. The van der Waals surface area contributed by atoms with Crippen LogP contribution in [0.3, 0.4) is 0 Å². The number of fused-ring (bicyclic) bond motifs is 3. The standard InChI is InChI=1S/C17H14FN5O3/c1-9-14-13(16-20-17(26-21-16)10-5-6-25-7-10)19-8-22(14)12-4-2-3-11(18)15(12)23(9)24/h2-4,8,10H,5-7H2,1H3. The van der Waals surface area contributed by atoms with Crippen LogP contribution in [0.25, 0.3) is 28.1 Å². The predicted octanol–water partition coefficient (Wildman–Crippen LogP) is 2.12. The van der Waals surface area contributed by atoms with Gasteiger partial charge in [-0.3, -0.25) is 4.40 Å². The molecule has 1 fully saturated rings. The number of aromatic nitrogens is 5. The highest BCUT2D eigenvalue weighted by atomic mass is 19.1. The van der Waals surface area contributed by atoms with Crippen molar-refractivity contribution in [2.45, 2.75) is 19.3 Å². The number of para-hydroxylation sites is 1. The lowest BCUT2D eigenvalue weighted by Gasteiger charge is -2.08. The molecule has 4 heterocycles. The number of ether oxygens (including phenoxy) is 1. The van der Waals surface area contributed by atoms with Crippen LogP contribution in [0, 0.1) is 17.9 Å². The zero-order chi connectivity index (χ0) is 17.8. The van der Waals surface area contributed by atoms with Crippen LogP contribution in [0.2, 0.25) is 0 Å². The molecule has 1 aromatic carbocycles. The van der Waals surface area contributed by atoms with E-state index < -0.39 is 5.82 Å². The quantitative estimate of drug-likeness (QED) is 0.404. The second kappa shape index (κ2) is 5.46. The molecule has 132 valence electrons. The molecule has 1 unspecified atom stereocenters. The summed E-state index contributed by atoms with van der Waals surface area (Å²) >= 11 is 0. The fourth-order valence-corrected chi connectivity index (χ4v) is 3.43. The van der Waals surface area contributed by atoms with Crippen LogP contribution in [0.5, 0.6) is 0 Å². The smallest absolute Gasteiger partial charge is 0.277 e. The van der Waals surface area contributed by atoms with E-state index in [1.807, 2.05) is 0 Å². The highest BCUT2D eigenvalue weighted by Gasteiger charge is 2.27. The number of halogens is 1. The lowest BCUT2D eigenvalue weighted by molar-refractivity contribution is -0.584. The van der Waals surface area contributed by atoms with E-state index in [1.165, 1.54) is 12.4 Å². The zero-order valence-corrected chi connectivity index (χ0v) is 13.8. The first-order valence-corrected chi connectivity index (χ1v) is 8.24. The highest BCUT2D eigenvalue weighted by molar-refractivity contribution is 5.82. The van der Waals surface area contributed by atoms with Crippen molar-refractivity contribution in [2.24, 2.45) is 0 Å². The van der Waals surface area contributed by atoms with E-state index in [1.54, 1.807) is 23.5 Å². The molecule has 0 bridgehead atoms. The fraction of sp³-hybridized carbons (Fsp3) is 0.294. The maximum absolute atomic E-state index is 14.2. The molecule has 3 aromatic heterocycles. The van der Waals surface area contributed by atoms with Crippen molar-refractivity contribution in [1.82, 2.24) is 19.5 Å². The Balaban J connectivity index is 1.74. The first-order valence-electron chi connectivity index (χ1n) is 8.24. The summed E-state index contributed by atoms with van der Waals surface area (Å²) in [4.78, 5) is 8.79. The van der Waals surface area contributed by atoms with E-state index in [4.69, 9.17) is 9.26 Å². The molecule has 0 radical (unpaired) electrons. The molecule has 1 saturated heterocycles. The van der Waals surface area contributed by atoms with Gasteiger partial charge in [0.1, 0.15) is 23.1 Å². The molecule has 8 nitrogen and oxygen atoms in total. The Labute approximate surface area is 146 Å². The second-order valence-electron chi connectivity index (χ2n) is 6.32. The van der Waals surface area contributed by atoms with Gasteiger partial charge >= 0.3 is 0 Å². The maximum atomic E-state index is 14.2. The number of aryl methyl sites for hydroxylation is 1. The van der Waals surface area contributed by atoms with Gasteiger partial charge in [-0.25, -0.2) is 4.98 Å². The van der Waals surface area contributed by atoms with Gasteiger partial charge in [-0.05, 0) is 18.6 Å². The molecule has 1 aliphatic heterocycles. The minimum atomic E-state index is -0.583. The number of hydrogen-bond acceptors (Lipinski definition) is 6. The van der Waals surface area contributed by atoms with Crippen molar-refractivity contribution in [3.8, 4) is 11.5 Å². The van der Waals surface area contributed by atoms with Crippen LogP contribution < -0.4 is 4.73 Å². The minimum Gasteiger partial charge on any atom is -0.618 e. The number of imidazole rings is 1. The van der Waals surface area contributed by atoms with E-state index in [2.05, 4.69) is 15.1 Å². The van der Waals surface area contributed by atoms with Crippen LogP contribution in [0.15, 0.2) is 29.0 Å². The molecule has 1 aliphatic rings. The number of hydrogen-bond donors (Lipinski definition) is 0. The van der Waals surface area contributed by atoms with E-state index in [0.717, 1.165) is 6.42 Å². The zero-order valence-electron chi connectivity index (χ0n) is 13.8. The fourth-order valence-electron chi connectivity index (χ4n) is 3.43. The van der Waals surface area contributed by atoms with Gasteiger partial charge < -0.3 is 14.5 Å². The van der Waals surface area contributed by atoms with E-state index >= 15 is 0 Å². The number of benzene rings is 1. The molecule has 1 atom stereocenters. The predicted molar refractivity (Wildman–Crippen MR) is 87.8 cm³/mol. The van der Waals surface area contributed by atoms with E-state index in [0.29, 0.717) is 52.1 Å². The Hall–Kier alpha value is -3.07. The third kappa shape index (κ3) is 2.03. The molecular weight excluding hydrogens is 341 g/mol. The first-order chi connectivity index (χ1) is 12.6. The van der Waals surface area contributed by atoms with Gasteiger partial charge in [-0.1, -0.05) is 11.2 Å². The van der Waals surface area contributed by atoms with Gasteiger partial charge in [0.25, 0.3) is 5.52 Å². The molecule has 26 heavy (non-hydrogen) atoms. The lowest BCUT2D eigenvalue weighted by Crippen LogP contribution is -2.33. The Morgan fingerprint density at radius 1 is 1.38 bits per heavy atom. The summed E-state index contributed by atoms with van der Waals surface area (Å²) in [5, 5.41) is 16.6. The summed E-state index contributed by atoms with van der Waals surface area (Å²) in [6, 6.07) is 4.48. The normalized spacial score (nSPS) is 17.5. The van der Waals surface area contributed by atoms with Crippen molar-refractivity contribution in [3.05, 3.63) is 47.1 Å². The molecule has 9 heteroatoms. The molecule has 4 aromatic rings. The van der Waals surface area contributed by atoms with Gasteiger partial charge in [-0.15, -0.1) is 0 Å². The molecular formula is C17H14FN5O3. The van der Waals surface area contributed by atoms with Gasteiger partial charge in [0, 0.05) is 13.5 Å². The Kier molecular flexibility index (Phi) is 3.20. The molecule has 5 rings (SSSR count). The summed E-state index contributed by atoms with van der Waals surface area (Å²) in [7, 11) is 0. The van der Waals surface area contributed by atoms with Crippen LogP contribution in [0.1, 0.15) is 23.9 Å². The summed E-state index contributed by atoms with van der Waals surface area (Å²) in [5.41, 5.74) is 1.65. The number of nitrogens with zero attached hydrogens (tertiary/aromatic N) is 5. The van der Waals surface area contributed by atoms with Crippen molar-refractivity contribution >= 4 is 16.6 Å². The Bertz CT molecular complexity index is 1150. The number of rotatable bonds is 2. The van der Waals surface area contributed by atoms with Gasteiger partial charge in [-0.2, -0.15) is 14.1 Å². The van der Waals surface area contributed by atoms with E-state index in [-0.39, 0.29) is 11.4 Å². The molecule has 0 amide bonds. The first kappa shape index (κ1) is 15.2. The van der Waals surface area contributed by atoms with Crippen LogP contribution in [-0.2, 0) is 4.74 Å². The molecule has 0 aliphatic carbocycles. The lowest BCUT2D eigenvalue weighted by atomic mass is 10.1.